The van der Waals surface area contributed by atoms with Crippen LogP contribution in [-0.4, -0.2) is 29.7 Å². The van der Waals surface area contributed by atoms with Crippen molar-refractivity contribution in [1.82, 2.24) is 0 Å². The number of rotatable bonds is 12. The number of ether oxygens (including phenoxy) is 3. The second kappa shape index (κ2) is 11.1. The van der Waals surface area contributed by atoms with E-state index >= 15 is 0 Å². The minimum atomic E-state index is -3.60. The molecule has 0 aliphatic heterocycles. The molecule has 1 atom stereocenters. The highest BCUT2D eigenvalue weighted by Crippen LogP contribution is 2.43. The highest BCUT2D eigenvalue weighted by atomic mass is 32.2. The van der Waals surface area contributed by atoms with Crippen molar-refractivity contribution in [2.24, 2.45) is 0 Å². The maximum atomic E-state index is 13.5. The SMILES string of the molecule is CCCCCCCC(c1cc(OC)c(OC)cc1OC)S(=O)(=O)c1ccccc1. The molecule has 0 saturated carbocycles. The summed E-state index contributed by atoms with van der Waals surface area (Å²) in [5.41, 5.74) is 0.601. The molecule has 0 radical (unpaired) electrons. The normalized spacial score (nSPS) is 12.4. The Kier molecular flexibility index (Phi) is 8.83. The van der Waals surface area contributed by atoms with E-state index in [-0.39, 0.29) is 0 Å². The van der Waals surface area contributed by atoms with Crippen molar-refractivity contribution in [2.75, 3.05) is 21.3 Å². The molecule has 0 bridgehead atoms. The fraction of sp³-hybridized carbons (Fsp3) is 0.478. The van der Waals surface area contributed by atoms with Crippen molar-refractivity contribution >= 4 is 9.84 Å². The zero-order chi connectivity index (χ0) is 21.3. The zero-order valence-corrected chi connectivity index (χ0v) is 18.6. The van der Waals surface area contributed by atoms with Crippen LogP contribution in [0.15, 0.2) is 47.4 Å². The van der Waals surface area contributed by atoms with E-state index in [0.717, 1.165) is 32.1 Å². The van der Waals surface area contributed by atoms with E-state index in [0.29, 0.717) is 34.1 Å². The molecule has 160 valence electrons. The fourth-order valence-electron chi connectivity index (χ4n) is 3.49. The van der Waals surface area contributed by atoms with Gasteiger partial charge in [-0.3, -0.25) is 0 Å². The van der Waals surface area contributed by atoms with E-state index < -0.39 is 15.1 Å². The number of unbranched alkanes of at least 4 members (excludes halogenated alkanes) is 4. The first kappa shape index (κ1) is 23.1. The third kappa shape index (κ3) is 5.66. The molecule has 6 heteroatoms. The Morgan fingerprint density at radius 1 is 0.793 bits per heavy atom. The summed E-state index contributed by atoms with van der Waals surface area (Å²) >= 11 is 0. The summed E-state index contributed by atoms with van der Waals surface area (Å²) in [6.07, 6.45) is 5.77. The highest BCUT2D eigenvalue weighted by Gasteiger charge is 2.32. The zero-order valence-electron chi connectivity index (χ0n) is 17.8. The number of sulfone groups is 1. The summed E-state index contributed by atoms with van der Waals surface area (Å²) in [6, 6.07) is 12.0. The van der Waals surface area contributed by atoms with Gasteiger partial charge in [0.2, 0.25) is 0 Å². The lowest BCUT2D eigenvalue weighted by Crippen LogP contribution is -2.15. The minimum absolute atomic E-state index is 0.315. The molecular weight excluding hydrogens is 388 g/mol. The van der Waals surface area contributed by atoms with Crippen molar-refractivity contribution in [3.8, 4) is 17.2 Å². The van der Waals surface area contributed by atoms with Gasteiger partial charge in [0.25, 0.3) is 0 Å². The molecule has 2 aromatic rings. The van der Waals surface area contributed by atoms with Crippen LogP contribution in [-0.2, 0) is 9.84 Å². The van der Waals surface area contributed by atoms with Crippen LogP contribution in [0.1, 0.15) is 56.3 Å². The summed E-state index contributed by atoms with van der Waals surface area (Å²) in [6.45, 7) is 2.16. The van der Waals surface area contributed by atoms with Crippen LogP contribution in [0.5, 0.6) is 17.2 Å². The van der Waals surface area contributed by atoms with Crippen LogP contribution >= 0.6 is 0 Å². The molecule has 0 amide bonds. The average molecular weight is 421 g/mol. The Bertz CT molecular complexity index is 862. The summed E-state index contributed by atoms with van der Waals surface area (Å²) in [7, 11) is 1.03. The minimum Gasteiger partial charge on any atom is -0.496 e. The highest BCUT2D eigenvalue weighted by molar-refractivity contribution is 7.91. The molecular formula is C23H32O5S. The van der Waals surface area contributed by atoms with Crippen molar-refractivity contribution < 1.29 is 22.6 Å². The maximum absolute atomic E-state index is 13.5. The van der Waals surface area contributed by atoms with Gasteiger partial charge < -0.3 is 14.2 Å². The maximum Gasteiger partial charge on any atom is 0.185 e. The Labute approximate surface area is 174 Å². The third-order valence-electron chi connectivity index (χ3n) is 5.10. The Balaban J connectivity index is 2.49. The quantitative estimate of drug-likeness (QED) is 0.419. The second-order valence-electron chi connectivity index (χ2n) is 7.00. The molecule has 1 unspecified atom stereocenters. The first-order valence-electron chi connectivity index (χ1n) is 10.1. The van der Waals surface area contributed by atoms with Gasteiger partial charge in [-0.05, 0) is 24.6 Å². The van der Waals surface area contributed by atoms with Crippen LogP contribution in [0.3, 0.4) is 0 Å². The largest absolute Gasteiger partial charge is 0.496 e. The lowest BCUT2D eigenvalue weighted by Gasteiger charge is -2.22. The summed E-state index contributed by atoms with van der Waals surface area (Å²) < 4.78 is 43.4. The molecule has 2 aromatic carbocycles. The van der Waals surface area contributed by atoms with Gasteiger partial charge in [0, 0.05) is 11.6 Å². The standard InChI is InChI=1S/C23H32O5S/c1-5-6-7-8-12-15-23(29(24,25)18-13-10-9-11-14-18)19-16-21(27-3)22(28-4)17-20(19)26-2/h9-11,13-14,16-17,23H,5-8,12,15H2,1-4H3. The van der Waals surface area contributed by atoms with Crippen LogP contribution in [0.25, 0.3) is 0 Å². The summed E-state index contributed by atoms with van der Waals surface area (Å²) in [5.74, 6) is 1.48. The molecule has 0 heterocycles. The number of hydrogen-bond acceptors (Lipinski definition) is 5. The van der Waals surface area contributed by atoms with E-state index in [1.807, 2.05) is 6.07 Å². The van der Waals surface area contributed by atoms with E-state index in [1.165, 1.54) is 7.11 Å². The number of methoxy groups -OCH3 is 3. The van der Waals surface area contributed by atoms with Crippen molar-refractivity contribution in [1.29, 1.82) is 0 Å². The first-order valence-corrected chi connectivity index (χ1v) is 11.6. The van der Waals surface area contributed by atoms with Gasteiger partial charge in [-0.1, -0.05) is 57.2 Å². The average Bonchev–Trinajstić information content (AvgIpc) is 2.75. The fourth-order valence-corrected chi connectivity index (χ4v) is 5.35. The van der Waals surface area contributed by atoms with Gasteiger partial charge in [0.1, 0.15) is 5.75 Å². The Hall–Kier alpha value is -2.21. The molecule has 0 aliphatic rings. The van der Waals surface area contributed by atoms with Gasteiger partial charge in [-0.15, -0.1) is 0 Å². The first-order chi connectivity index (χ1) is 14.0. The Morgan fingerprint density at radius 3 is 1.97 bits per heavy atom. The van der Waals surface area contributed by atoms with Gasteiger partial charge >= 0.3 is 0 Å². The van der Waals surface area contributed by atoms with Gasteiger partial charge in [-0.2, -0.15) is 0 Å². The van der Waals surface area contributed by atoms with E-state index in [1.54, 1.807) is 50.6 Å². The number of hydrogen-bond donors (Lipinski definition) is 0. The van der Waals surface area contributed by atoms with E-state index in [2.05, 4.69) is 6.92 Å². The molecule has 0 aliphatic carbocycles. The van der Waals surface area contributed by atoms with Crippen LogP contribution in [0.4, 0.5) is 0 Å². The molecule has 0 spiro atoms. The Morgan fingerprint density at radius 2 is 1.38 bits per heavy atom. The van der Waals surface area contributed by atoms with Crippen molar-refractivity contribution in [2.45, 2.75) is 55.6 Å². The van der Waals surface area contributed by atoms with Crippen LogP contribution in [0, 0.1) is 0 Å². The van der Waals surface area contributed by atoms with E-state index in [9.17, 15) is 8.42 Å². The van der Waals surface area contributed by atoms with Crippen LogP contribution < -0.4 is 14.2 Å². The lowest BCUT2D eigenvalue weighted by atomic mass is 10.0. The van der Waals surface area contributed by atoms with Crippen LogP contribution in [0.2, 0.25) is 0 Å². The third-order valence-corrected chi connectivity index (χ3v) is 7.27. The molecule has 2 rings (SSSR count). The van der Waals surface area contributed by atoms with Gasteiger partial charge in [-0.25, -0.2) is 8.42 Å². The van der Waals surface area contributed by atoms with Gasteiger partial charge in [0.15, 0.2) is 21.3 Å². The molecule has 0 fully saturated rings. The predicted molar refractivity (Wildman–Crippen MR) is 116 cm³/mol. The second-order valence-corrected chi connectivity index (χ2v) is 9.13. The van der Waals surface area contributed by atoms with Crippen molar-refractivity contribution in [3.63, 3.8) is 0 Å². The lowest BCUT2D eigenvalue weighted by molar-refractivity contribution is 0.347. The molecule has 0 aromatic heterocycles. The van der Waals surface area contributed by atoms with Gasteiger partial charge in [0.05, 0.1) is 31.5 Å². The van der Waals surface area contributed by atoms with E-state index in [4.69, 9.17) is 14.2 Å². The summed E-state index contributed by atoms with van der Waals surface area (Å²) in [4.78, 5) is 0.315. The molecule has 5 nitrogen and oxygen atoms in total. The molecule has 29 heavy (non-hydrogen) atoms. The topological polar surface area (TPSA) is 61.8 Å². The predicted octanol–water partition coefficient (Wildman–Crippen LogP) is 5.59. The molecule has 0 N–H and O–H groups in total. The summed E-state index contributed by atoms with van der Waals surface area (Å²) in [5, 5.41) is -0.721. The number of benzene rings is 2. The molecule has 0 saturated heterocycles. The monoisotopic (exact) mass is 420 g/mol. The smallest absolute Gasteiger partial charge is 0.185 e. The van der Waals surface area contributed by atoms with Crippen molar-refractivity contribution in [3.05, 3.63) is 48.0 Å².